The summed E-state index contributed by atoms with van der Waals surface area (Å²) in [6.45, 7) is 3.48. The van der Waals surface area contributed by atoms with Crippen LogP contribution in [0.3, 0.4) is 0 Å². The number of unbranched alkanes of at least 4 members (excludes halogenated alkanes) is 1. The zero-order valence-electron chi connectivity index (χ0n) is 12.2. The van der Waals surface area contributed by atoms with Crippen molar-refractivity contribution in [2.75, 3.05) is 11.4 Å². The molecule has 1 saturated heterocycles. The molecule has 1 nitrogen and oxygen atoms in total. The van der Waals surface area contributed by atoms with Crippen molar-refractivity contribution in [2.45, 2.75) is 32.2 Å². The highest BCUT2D eigenvalue weighted by molar-refractivity contribution is 5.52. The van der Waals surface area contributed by atoms with E-state index in [1.165, 1.54) is 37.1 Å². The van der Waals surface area contributed by atoms with Crippen LogP contribution in [0.4, 0.5) is 5.69 Å². The van der Waals surface area contributed by atoms with Gasteiger partial charge in [-0.25, -0.2) is 0 Å². The summed E-state index contributed by atoms with van der Waals surface area (Å²) in [4.78, 5) is 2.55. The van der Waals surface area contributed by atoms with E-state index in [1.54, 1.807) is 0 Å². The summed E-state index contributed by atoms with van der Waals surface area (Å²) in [5.41, 5.74) is 2.82. The highest BCUT2D eigenvalue weighted by Gasteiger charge is 2.39. The first-order valence-corrected chi connectivity index (χ1v) is 7.77. The van der Waals surface area contributed by atoms with Crippen LogP contribution in [0.2, 0.25) is 0 Å². The largest absolute Gasteiger partial charge is 0.364 e. The number of hydrogen-bond donors (Lipinski definition) is 0. The van der Waals surface area contributed by atoms with Crippen LogP contribution in [-0.2, 0) is 0 Å². The monoisotopic (exact) mass is 265 g/mol. The molecule has 1 heteroatoms. The molecule has 0 saturated carbocycles. The van der Waals surface area contributed by atoms with E-state index in [9.17, 15) is 0 Å². The second-order valence-electron chi connectivity index (χ2n) is 5.75. The zero-order valence-corrected chi connectivity index (χ0v) is 12.2. The standard InChI is InChI=1S/C19H23N/c1-2-3-10-17-15-20(18-13-8-5-9-14-18)19(17)16-11-6-4-7-12-16/h4-9,11-14,17,19H,2-3,10,15H2,1H3/t17-,19+/m1/s1. The molecule has 0 aromatic heterocycles. The first-order chi connectivity index (χ1) is 9.90. The molecule has 104 valence electrons. The molecule has 3 rings (SSSR count). The Morgan fingerprint density at radius 1 is 0.950 bits per heavy atom. The molecular weight excluding hydrogens is 242 g/mol. The van der Waals surface area contributed by atoms with Crippen molar-refractivity contribution in [2.24, 2.45) is 5.92 Å². The highest BCUT2D eigenvalue weighted by Crippen LogP contribution is 2.44. The van der Waals surface area contributed by atoms with Gasteiger partial charge in [-0.3, -0.25) is 0 Å². The summed E-state index contributed by atoms with van der Waals surface area (Å²) in [6.07, 6.45) is 3.99. The van der Waals surface area contributed by atoms with Crippen LogP contribution in [0.15, 0.2) is 60.7 Å². The molecule has 1 aliphatic heterocycles. The van der Waals surface area contributed by atoms with Gasteiger partial charge in [0.1, 0.15) is 0 Å². The number of rotatable bonds is 5. The maximum absolute atomic E-state index is 2.55. The van der Waals surface area contributed by atoms with Gasteiger partial charge in [0.05, 0.1) is 6.04 Å². The number of nitrogens with zero attached hydrogens (tertiary/aromatic N) is 1. The number of anilines is 1. The van der Waals surface area contributed by atoms with Gasteiger partial charge in [0.2, 0.25) is 0 Å². The Labute approximate surface area is 122 Å². The third-order valence-corrected chi connectivity index (χ3v) is 4.37. The second-order valence-corrected chi connectivity index (χ2v) is 5.75. The Hall–Kier alpha value is -1.76. The van der Waals surface area contributed by atoms with Gasteiger partial charge in [0.15, 0.2) is 0 Å². The smallest absolute Gasteiger partial charge is 0.0587 e. The van der Waals surface area contributed by atoms with Crippen LogP contribution in [0.1, 0.15) is 37.8 Å². The van der Waals surface area contributed by atoms with Crippen molar-refractivity contribution >= 4 is 5.69 Å². The highest BCUT2D eigenvalue weighted by atomic mass is 15.2. The van der Waals surface area contributed by atoms with Crippen LogP contribution in [0.5, 0.6) is 0 Å². The first kappa shape index (κ1) is 13.2. The molecule has 2 atom stereocenters. The average molecular weight is 265 g/mol. The fourth-order valence-corrected chi connectivity index (χ4v) is 3.29. The lowest BCUT2D eigenvalue weighted by molar-refractivity contribution is 0.274. The SMILES string of the molecule is CCCC[C@@H]1CN(c2ccccc2)[C@H]1c1ccccc1. The molecule has 0 aliphatic carbocycles. The molecular formula is C19H23N. The van der Waals surface area contributed by atoms with Crippen molar-refractivity contribution in [3.63, 3.8) is 0 Å². The topological polar surface area (TPSA) is 3.24 Å². The lowest BCUT2D eigenvalue weighted by Gasteiger charge is -2.50. The summed E-state index contributed by atoms with van der Waals surface area (Å²) in [5, 5.41) is 0. The molecule has 0 radical (unpaired) electrons. The third-order valence-electron chi connectivity index (χ3n) is 4.37. The van der Waals surface area contributed by atoms with E-state index in [4.69, 9.17) is 0 Å². The predicted molar refractivity (Wildman–Crippen MR) is 86.0 cm³/mol. The molecule has 0 amide bonds. The van der Waals surface area contributed by atoms with Crippen molar-refractivity contribution in [1.82, 2.24) is 0 Å². The van der Waals surface area contributed by atoms with Gasteiger partial charge in [-0.2, -0.15) is 0 Å². The lowest BCUT2D eigenvalue weighted by Crippen LogP contribution is -2.49. The van der Waals surface area contributed by atoms with E-state index in [2.05, 4.69) is 72.5 Å². The molecule has 2 aromatic rings. The zero-order chi connectivity index (χ0) is 13.8. The second kappa shape index (κ2) is 6.13. The fraction of sp³-hybridized carbons (Fsp3) is 0.368. The van der Waals surface area contributed by atoms with E-state index < -0.39 is 0 Å². The molecule has 1 aliphatic rings. The third kappa shape index (κ3) is 2.58. The first-order valence-electron chi connectivity index (χ1n) is 7.77. The molecule has 0 spiro atoms. The van der Waals surface area contributed by atoms with E-state index >= 15 is 0 Å². The van der Waals surface area contributed by atoms with Gasteiger partial charge in [-0.1, -0.05) is 68.3 Å². The van der Waals surface area contributed by atoms with Crippen LogP contribution in [0.25, 0.3) is 0 Å². The van der Waals surface area contributed by atoms with Crippen molar-refractivity contribution < 1.29 is 0 Å². The van der Waals surface area contributed by atoms with Crippen LogP contribution in [-0.4, -0.2) is 6.54 Å². The summed E-state index contributed by atoms with van der Waals surface area (Å²) < 4.78 is 0. The number of hydrogen-bond acceptors (Lipinski definition) is 1. The van der Waals surface area contributed by atoms with Crippen molar-refractivity contribution in [3.8, 4) is 0 Å². The Kier molecular flexibility index (Phi) is 4.05. The Morgan fingerprint density at radius 3 is 2.25 bits per heavy atom. The number of benzene rings is 2. The lowest BCUT2D eigenvalue weighted by atomic mass is 9.80. The average Bonchev–Trinajstić information content (AvgIpc) is 2.48. The molecule has 2 aromatic carbocycles. The summed E-state index contributed by atoms with van der Waals surface area (Å²) >= 11 is 0. The predicted octanol–water partition coefficient (Wildman–Crippen LogP) is 5.05. The Bertz CT molecular complexity index is 520. The maximum atomic E-state index is 2.55. The molecule has 20 heavy (non-hydrogen) atoms. The van der Waals surface area contributed by atoms with E-state index in [-0.39, 0.29) is 0 Å². The Balaban J connectivity index is 1.82. The van der Waals surface area contributed by atoms with Gasteiger partial charge in [-0.15, -0.1) is 0 Å². The van der Waals surface area contributed by atoms with Gasteiger partial charge in [0, 0.05) is 18.2 Å². The van der Waals surface area contributed by atoms with Gasteiger partial charge in [0.25, 0.3) is 0 Å². The fourth-order valence-electron chi connectivity index (χ4n) is 3.29. The van der Waals surface area contributed by atoms with Gasteiger partial charge < -0.3 is 4.90 Å². The summed E-state index contributed by atoms with van der Waals surface area (Å²) in [6, 6.07) is 22.4. The maximum Gasteiger partial charge on any atom is 0.0587 e. The minimum Gasteiger partial charge on any atom is -0.364 e. The van der Waals surface area contributed by atoms with E-state index in [0.29, 0.717) is 6.04 Å². The van der Waals surface area contributed by atoms with Crippen molar-refractivity contribution in [1.29, 1.82) is 0 Å². The minimum atomic E-state index is 0.560. The van der Waals surface area contributed by atoms with E-state index in [1.807, 2.05) is 0 Å². The molecule has 1 heterocycles. The van der Waals surface area contributed by atoms with E-state index in [0.717, 1.165) is 5.92 Å². The van der Waals surface area contributed by atoms with Crippen LogP contribution >= 0.6 is 0 Å². The molecule has 1 fully saturated rings. The van der Waals surface area contributed by atoms with Gasteiger partial charge >= 0.3 is 0 Å². The van der Waals surface area contributed by atoms with Crippen molar-refractivity contribution in [3.05, 3.63) is 66.2 Å². The summed E-state index contributed by atoms with van der Waals surface area (Å²) in [5.74, 6) is 0.803. The molecule has 0 unspecified atom stereocenters. The Morgan fingerprint density at radius 2 is 1.60 bits per heavy atom. The molecule has 0 bridgehead atoms. The number of para-hydroxylation sites is 1. The summed E-state index contributed by atoms with van der Waals surface area (Å²) in [7, 11) is 0. The molecule has 0 N–H and O–H groups in total. The van der Waals surface area contributed by atoms with Gasteiger partial charge in [-0.05, 0) is 24.1 Å². The minimum absolute atomic E-state index is 0.560. The van der Waals surface area contributed by atoms with Crippen LogP contribution in [0, 0.1) is 5.92 Å². The normalized spacial score (nSPS) is 21.6. The quantitative estimate of drug-likeness (QED) is 0.731. The van der Waals surface area contributed by atoms with Crippen LogP contribution < -0.4 is 4.90 Å².